The Hall–Kier alpha value is -3.01. The van der Waals surface area contributed by atoms with Crippen molar-refractivity contribution in [2.75, 3.05) is 0 Å². The number of hydrogen-bond acceptors (Lipinski definition) is 5. The number of aromatic nitrogens is 1. The fraction of sp³-hybridized carbons (Fsp3) is 0. The first kappa shape index (κ1) is 16.8. The second kappa shape index (κ2) is 7.26. The van der Waals surface area contributed by atoms with Crippen LogP contribution in [0, 0.1) is 21.4 Å². The Kier molecular flexibility index (Phi) is 4.89. The number of non-ortho nitro benzene ring substituents is 1. The van der Waals surface area contributed by atoms with Gasteiger partial charge in [-0.25, -0.2) is 4.98 Å². The maximum absolute atomic E-state index is 10.9. The van der Waals surface area contributed by atoms with Crippen molar-refractivity contribution in [3.63, 3.8) is 0 Å². The van der Waals surface area contributed by atoms with Crippen LogP contribution in [0.2, 0.25) is 5.02 Å². The quantitative estimate of drug-likeness (QED) is 0.349. The highest BCUT2D eigenvalue weighted by Gasteiger charge is 2.12. The normalized spacial score (nSPS) is 11.1. The molecule has 0 amide bonds. The molecule has 0 aliphatic heterocycles. The molecule has 3 rings (SSSR count). The molecule has 1 aromatic heterocycles. The summed E-state index contributed by atoms with van der Waals surface area (Å²) >= 11 is 7.18. The summed E-state index contributed by atoms with van der Waals surface area (Å²) in [6.07, 6.45) is 1.73. The summed E-state index contributed by atoms with van der Waals surface area (Å²) < 4.78 is 0. The topological polar surface area (TPSA) is 79.8 Å². The van der Waals surface area contributed by atoms with Crippen LogP contribution in [0.5, 0.6) is 0 Å². The first-order valence-corrected chi connectivity index (χ1v) is 8.40. The van der Waals surface area contributed by atoms with E-state index < -0.39 is 4.92 Å². The Morgan fingerprint density at radius 3 is 2.72 bits per heavy atom. The van der Waals surface area contributed by atoms with Crippen molar-refractivity contribution in [2.45, 2.75) is 0 Å². The third-order valence-corrected chi connectivity index (χ3v) is 4.52. The van der Waals surface area contributed by atoms with E-state index in [0.717, 1.165) is 5.56 Å². The van der Waals surface area contributed by atoms with Gasteiger partial charge in [-0.2, -0.15) is 5.26 Å². The van der Waals surface area contributed by atoms with Crippen molar-refractivity contribution < 1.29 is 4.92 Å². The predicted octanol–water partition coefficient (Wildman–Crippen LogP) is 5.44. The van der Waals surface area contributed by atoms with Crippen molar-refractivity contribution in [3.05, 3.63) is 79.6 Å². The van der Waals surface area contributed by atoms with E-state index in [4.69, 9.17) is 11.6 Å². The maximum Gasteiger partial charge on any atom is 0.270 e. The summed E-state index contributed by atoms with van der Waals surface area (Å²) in [5, 5.41) is 23.3. The molecule has 5 nitrogen and oxygen atoms in total. The minimum Gasteiger partial charge on any atom is -0.258 e. The monoisotopic (exact) mass is 367 g/mol. The predicted molar refractivity (Wildman–Crippen MR) is 99.1 cm³/mol. The van der Waals surface area contributed by atoms with Crippen LogP contribution < -0.4 is 0 Å². The van der Waals surface area contributed by atoms with Crippen LogP contribution in [0.15, 0.2) is 53.9 Å². The molecule has 0 saturated heterocycles. The lowest BCUT2D eigenvalue weighted by molar-refractivity contribution is -0.384. The van der Waals surface area contributed by atoms with Crippen LogP contribution in [-0.4, -0.2) is 9.91 Å². The van der Waals surface area contributed by atoms with Gasteiger partial charge in [-0.3, -0.25) is 10.1 Å². The number of benzene rings is 2. The minimum atomic E-state index is -0.447. The Balaban J connectivity index is 1.94. The lowest BCUT2D eigenvalue weighted by Crippen LogP contribution is -1.88. The van der Waals surface area contributed by atoms with Gasteiger partial charge < -0.3 is 0 Å². The number of allylic oxidation sites excluding steroid dienone is 1. The Morgan fingerprint density at radius 1 is 1.28 bits per heavy atom. The lowest BCUT2D eigenvalue weighted by Gasteiger charge is -1.98. The van der Waals surface area contributed by atoms with E-state index in [1.807, 2.05) is 12.1 Å². The van der Waals surface area contributed by atoms with Gasteiger partial charge in [0.05, 0.1) is 16.2 Å². The van der Waals surface area contributed by atoms with Crippen molar-refractivity contribution in [3.8, 4) is 17.3 Å². The molecule has 0 bridgehead atoms. The summed E-state index contributed by atoms with van der Waals surface area (Å²) in [5.74, 6) is 0. The van der Waals surface area contributed by atoms with E-state index in [0.29, 0.717) is 26.9 Å². The van der Waals surface area contributed by atoms with Crippen molar-refractivity contribution in [2.24, 2.45) is 0 Å². The fourth-order valence-electron chi connectivity index (χ4n) is 2.18. The molecule has 1 heterocycles. The molecular formula is C18H10ClN3O2S. The van der Waals surface area contributed by atoms with E-state index in [9.17, 15) is 15.4 Å². The highest BCUT2D eigenvalue weighted by Crippen LogP contribution is 2.29. The number of hydrogen-bond donors (Lipinski definition) is 0. The average molecular weight is 368 g/mol. The van der Waals surface area contributed by atoms with Gasteiger partial charge in [0.15, 0.2) is 0 Å². The van der Waals surface area contributed by atoms with Gasteiger partial charge in [0, 0.05) is 28.1 Å². The molecule has 0 aliphatic rings. The van der Waals surface area contributed by atoms with Gasteiger partial charge in [0.25, 0.3) is 5.69 Å². The van der Waals surface area contributed by atoms with Gasteiger partial charge in [-0.15, -0.1) is 11.3 Å². The number of rotatable bonds is 4. The van der Waals surface area contributed by atoms with Crippen LogP contribution in [0.25, 0.3) is 22.9 Å². The molecular weight excluding hydrogens is 358 g/mol. The molecule has 122 valence electrons. The third kappa shape index (κ3) is 3.91. The van der Waals surface area contributed by atoms with E-state index in [1.54, 1.807) is 35.7 Å². The van der Waals surface area contributed by atoms with Gasteiger partial charge >= 0.3 is 0 Å². The first-order valence-electron chi connectivity index (χ1n) is 7.15. The molecule has 0 atom stereocenters. The zero-order valence-corrected chi connectivity index (χ0v) is 14.3. The van der Waals surface area contributed by atoms with Crippen molar-refractivity contribution >= 4 is 40.3 Å². The molecule has 25 heavy (non-hydrogen) atoms. The van der Waals surface area contributed by atoms with Crippen LogP contribution in [0.3, 0.4) is 0 Å². The number of nitro benzene ring substituents is 1. The summed E-state index contributed by atoms with van der Waals surface area (Å²) in [5.41, 5.74) is 2.50. The van der Waals surface area contributed by atoms with Crippen molar-refractivity contribution in [1.82, 2.24) is 4.98 Å². The molecule has 0 fully saturated rings. The summed E-state index contributed by atoms with van der Waals surface area (Å²) in [6.45, 7) is 0. The largest absolute Gasteiger partial charge is 0.270 e. The number of halogens is 1. The first-order chi connectivity index (χ1) is 12.1. The molecule has 3 aromatic rings. The standard InChI is InChI=1S/C18H10ClN3O2S/c19-15-6-4-12(5-7-15)8-14(10-20)18-21-17(11-25-18)13-2-1-3-16(9-13)22(23)24/h1-9,11H/b14-8-. The van der Waals surface area contributed by atoms with Gasteiger partial charge in [0.1, 0.15) is 11.1 Å². The average Bonchev–Trinajstić information content (AvgIpc) is 3.11. The molecule has 2 aromatic carbocycles. The molecule has 0 saturated carbocycles. The summed E-state index contributed by atoms with van der Waals surface area (Å²) in [7, 11) is 0. The SMILES string of the molecule is N#C/C(=C/c1ccc(Cl)cc1)c1nc(-c2cccc([N+](=O)[O-])c2)cs1. The summed E-state index contributed by atoms with van der Waals surface area (Å²) in [4.78, 5) is 14.9. The van der Waals surface area contributed by atoms with E-state index in [2.05, 4.69) is 11.1 Å². The Labute approximate surface area is 152 Å². The highest BCUT2D eigenvalue weighted by atomic mass is 35.5. The maximum atomic E-state index is 10.9. The molecule has 0 unspecified atom stereocenters. The number of nitro groups is 1. The highest BCUT2D eigenvalue weighted by molar-refractivity contribution is 7.11. The van der Waals surface area contributed by atoms with E-state index in [1.165, 1.54) is 23.5 Å². The van der Waals surface area contributed by atoms with Crippen LogP contribution in [-0.2, 0) is 0 Å². The van der Waals surface area contributed by atoms with Crippen LogP contribution in [0.4, 0.5) is 5.69 Å². The van der Waals surface area contributed by atoms with Crippen molar-refractivity contribution in [1.29, 1.82) is 5.26 Å². The van der Waals surface area contributed by atoms with Crippen LogP contribution in [0.1, 0.15) is 10.6 Å². The number of thiazole rings is 1. The second-order valence-electron chi connectivity index (χ2n) is 5.07. The minimum absolute atomic E-state index is 0.00395. The molecule has 0 aliphatic carbocycles. The van der Waals surface area contributed by atoms with E-state index in [-0.39, 0.29) is 5.69 Å². The molecule has 7 heteroatoms. The number of nitriles is 1. The van der Waals surface area contributed by atoms with Gasteiger partial charge in [-0.05, 0) is 23.8 Å². The fourth-order valence-corrected chi connectivity index (χ4v) is 3.10. The Bertz CT molecular complexity index is 1000. The van der Waals surface area contributed by atoms with Crippen LogP contribution >= 0.6 is 22.9 Å². The van der Waals surface area contributed by atoms with Gasteiger partial charge in [0.2, 0.25) is 0 Å². The summed E-state index contributed by atoms with van der Waals surface area (Å²) in [6, 6.07) is 15.5. The second-order valence-corrected chi connectivity index (χ2v) is 6.36. The van der Waals surface area contributed by atoms with Gasteiger partial charge in [-0.1, -0.05) is 35.9 Å². The smallest absolute Gasteiger partial charge is 0.258 e. The van der Waals surface area contributed by atoms with E-state index >= 15 is 0 Å². The lowest BCUT2D eigenvalue weighted by atomic mass is 10.1. The zero-order chi connectivity index (χ0) is 17.8. The molecule has 0 N–H and O–H groups in total. The zero-order valence-electron chi connectivity index (χ0n) is 12.7. The molecule has 0 radical (unpaired) electrons. The number of nitrogens with zero attached hydrogens (tertiary/aromatic N) is 3. The Morgan fingerprint density at radius 2 is 2.04 bits per heavy atom. The third-order valence-electron chi connectivity index (χ3n) is 3.39. The molecule has 0 spiro atoms.